The maximum Gasteiger partial charge on any atom is 0.221 e. The van der Waals surface area contributed by atoms with E-state index in [1.165, 1.54) is 23.6 Å². The summed E-state index contributed by atoms with van der Waals surface area (Å²) in [5, 5.41) is 2.83. The van der Waals surface area contributed by atoms with E-state index in [1.54, 1.807) is 0 Å². The van der Waals surface area contributed by atoms with Crippen molar-refractivity contribution in [2.75, 3.05) is 5.32 Å². The first-order valence-electron chi connectivity index (χ1n) is 7.81. The smallest absolute Gasteiger partial charge is 0.221 e. The van der Waals surface area contributed by atoms with Gasteiger partial charge in [0.1, 0.15) is 0 Å². The summed E-state index contributed by atoms with van der Waals surface area (Å²) in [7, 11) is 0. The molecule has 1 aliphatic rings. The van der Waals surface area contributed by atoms with Crippen molar-refractivity contribution >= 4 is 11.6 Å². The number of carbonyl (C=O) groups is 1. The van der Waals surface area contributed by atoms with Gasteiger partial charge in [-0.05, 0) is 40.7 Å². The Labute approximate surface area is 132 Å². The minimum Gasteiger partial charge on any atom is -0.326 e. The molecule has 1 amide bonds. The number of hydrogen-bond acceptors (Lipinski definition) is 1. The van der Waals surface area contributed by atoms with Crippen molar-refractivity contribution in [3.8, 4) is 0 Å². The van der Waals surface area contributed by atoms with Crippen molar-refractivity contribution in [3.05, 3.63) is 65.2 Å². The topological polar surface area (TPSA) is 29.1 Å². The summed E-state index contributed by atoms with van der Waals surface area (Å²) in [5.74, 6) is -0.0358. The lowest BCUT2D eigenvalue weighted by molar-refractivity contribution is -0.114. The molecular formula is C20H23NO. The van der Waals surface area contributed by atoms with Gasteiger partial charge in [0.15, 0.2) is 0 Å². The fourth-order valence-corrected chi connectivity index (χ4v) is 4.01. The van der Waals surface area contributed by atoms with E-state index in [-0.39, 0.29) is 16.7 Å². The summed E-state index contributed by atoms with van der Waals surface area (Å²) in [4.78, 5) is 11.2. The largest absolute Gasteiger partial charge is 0.326 e. The highest BCUT2D eigenvalue weighted by molar-refractivity contribution is 5.88. The van der Waals surface area contributed by atoms with Crippen LogP contribution in [0.5, 0.6) is 0 Å². The van der Waals surface area contributed by atoms with Crippen molar-refractivity contribution in [3.63, 3.8) is 0 Å². The highest BCUT2D eigenvalue weighted by Gasteiger charge is 2.45. The number of rotatable bonds is 2. The van der Waals surface area contributed by atoms with Crippen LogP contribution < -0.4 is 5.32 Å². The molecule has 2 heteroatoms. The number of nitrogens with one attached hydrogen (secondary N) is 1. The number of carbonyl (C=O) groups excluding carboxylic acids is 1. The Morgan fingerprint density at radius 3 is 2.14 bits per heavy atom. The van der Waals surface area contributed by atoms with Crippen molar-refractivity contribution < 1.29 is 4.79 Å². The normalized spacial score (nSPS) is 22.2. The minimum absolute atomic E-state index is 0.0227. The second-order valence-electron chi connectivity index (χ2n) is 7.20. The predicted molar refractivity (Wildman–Crippen MR) is 91.3 cm³/mol. The van der Waals surface area contributed by atoms with E-state index in [0.29, 0.717) is 0 Å². The molecule has 1 aliphatic carbocycles. The minimum atomic E-state index is -0.0358. The molecule has 0 radical (unpaired) electrons. The lowest BCUT2D eigenvalue weighted by Crippen LogP contribution is -2.23. The first-order chi connectivity index (χ1) is 10.3. The summed E-state index contributed by atoms with van der Waals surface area (Å²) in [6.45, 7) is 8.50. The van der Waals surface area contributed by atoms with E-state index in [1.807, 2.05) is 12.1 Å². The third kappa shape index (κ3) is 2.33. The Morgan fingerprint density at radius 2 is 1.55 bits per heavy atom. The van der Waals surface area contributed by atoms with Crippen LogP contribution in [0.15, 0.2) is 48.5 Å². The van der Waals surface area contributed by atoms with Crippen LogP contribution in [0.3, 0.4) is 0 Å². The third-order valence-electron chi connectivity index (χ3n) is 4.89. The molecule has 1 N–H and O–H groups in total. The summed E-state index contributed by atoms with van der Waals surface area (Å²) in [6.07, 6.45) is 1.10. The zero-order chi connectivity index (χ0) is 16.0. The number of anilines is 1. The molecule has 0 heterocycles. The molecule has 0 spiro atoms. The van der Waals surface area contributed by atoms with E-state index in [0.717, 1.165) is 12.1 Å². The third-order valence-corrected chi connectivity index (χ3v) is 4.89. The molecule has 2 nitrogen and oxygen atoms in total. The number of fused-ring (bicyclic) bond motifs is 1. The van der Waals surface area contributed by atoms with Gasteiger partial charge in [-0.2, -0.15) is 0 Å². The van der Waals surface area contributed by atoms with Gasteiger partial charge in [-0.1, -0.05) is 57.2 Å². The molecule has 0 fully saturated rings. The van der Waals surface area contributed by atoms with Gasteiger partial charge in [0.25, 0.3) is 0 Å². The summed E-state index contributed by atoms with van der Waals surface area (Å²) >= 11 is 0. The van der Waals surface area contributed by atoms with Crippen molar-refractivity contribution in [2.24, 2.45) is 0 Å². The Balaban J connectivity index is 2.03. The van der Waals surface area contributed by atoms with Crippen LogP contribution in [0.25, 0.3) is 0 Å². The van der Waals surface area contributed by atoms with Crippen LogP contribution in [0.2, 0.25) is 0 Å². The molecular weight excluding hydrogens is 270 g/mol. The van der Waals surface area contributed by atoms with Crippen molar-refractivity contribution in [2.45, 2.75) is 44.9 Å². The zero-order valence-electron chi connectivity index (χ0n) is 13.7. The molecule has 0 aliphatic heterocycles. The van der Waals surface area contributed by atoms with Gasteiger partial charge in [-0.3, -0.25) is 4.79 Å². The highest BCUT2D eigenvalue weighted by atomic mass is 16.1. The van der Waals surface area contributed by atoms with Crippen LogP contribution in [-0.2, 0) is 15.6 Å². The van der Waals surface area contributed by atoms with Gasteiger partial charge in [-0.25, -0.2) is 0 Å². The van der Waals surface area contributed by atoms with Gasteiger partial charge in [0.2, 0.25) is 5.91 Å². The first kappa shape index (κ1) is 14.8. The van der Waals surface area contributed by atoms with Gasteiger partial charge >= 0.3 is 0 Å². The molecule has 2 aromatic carbocycles. The molecule has 3 rings (SSSR count). The van der Waals surface area contributed by atoms with E-state index >= 15 is 0 Å². The molecule has 1 atom stereocenters. The van der Waals surface area contributed by atoms with E-state index in [9.17, 15) is 4.79 Å². The first-order valence-corrected chi connectivity index (χ1v) is 7.81. The summed E-state index contributed by atoms with van der Waals surface area (Å²) in [5.41, 5.74) is 5.23. The van der Waals surface area contributed by atoms with E-state index < -0.39 is 0 Å². The van der Waals surface area contributed by atoms with Gasteiger partial charge < -0.3 is 5.32 Å². The van der Waals surface area contributed by atoms with Gasteiger partial charge in [0, 0.05) is 18.0 Å². The molecule has 0 bridgehead atoms. The molecule has 2 aromatic rings. The Hall–Kier alpha value is -2.09. The van der Waals surface area contributed by atoms with Gasteiger partial charge in [-0.15, -0.1) is 0 Å². The number of hydrogen-bond donors (Lipinski definition) is 1. The monoisotopic (exact) mass is 293 g/mol. The van der Waals surface area contributed by atoms with Crippen LogP contribution in [0.4, 0.5) is 5.69 Å². The second kappa shape index (κ2) is 4.98. The summed E-state index contributed by atoms with van der Waals surface area (Å²) in [6, 6.07) is 17.0. The number of benzene rings is 2. The molecule has 1 unspecified atom stereocenters. The molecule has 0 saturated carbocycles. The quantitative estimate of drug-likeness (QED) is 0.859. The molecule has 22 heavy (non-hydrogen) atoms. The Morgan fingerprint density at radius 1 is 0.955 bits per heavy atom. The van der Waals surface area contributed by atoms with E-state index in [2.05, 4.69) is 62.5 Å². The van der Waals surface area contributed by atoms with Crippen LogP contribution >= 0.6 is 0 Å². The Bertz CT molecular complexity index is 715. The maximum atomic E-state index is 11.2. The SMILES string of the molecule is CC(=O)Nc1ccc(C2(C)CC(C)(C)c3ccccc32)cc1. The molecule has 0 aromatic heterocycles. The summed E-state index contributed by atoms with van der Waals surface area (Å²) < 4.78 is 0. The zero-order valence-corrected chi connectivity index (χ0v) is 13.7. The molecule has 114 valence electrons. The molecule has 0 saturated heterocycles. The maximum absolute atomic E-state index is 11.2. The fourth-order valence-electron chi connectivity index (χ4n) is 4.01. The van der Waals surface area contributed by atoms with Crippen molar-refractivity contribution in [1.29, 1.82) is 0 Å². The Kier molecular flexibility index (Phi) is 3.36. The van der Waals surface area contributed by atoms with Crippen LogP contribution in [-0.4, -0.2) is 5.91 Å². The average molecular weight is 293 g/mol. The fraction of sp³-hybridized carbons (Fsp3) is 0.350. The highest BCUT2D eigenvalue weighted by Crippen LogP contribution is 2.52. The van der Waals surface area contributed by atoms with Crippen LogP contribution in [0.1, 0.15) is 50.8 Å². The van der Waals surface area contributed by atoms with Gasteiger partial charge in [0.05, 0.1) is 0 Å². The lowest BCUT2D eigenvalue weighted by atomic mass is 9.75. The van der Waals surface area contributed by atoms with Crippen molar-refractivity contribution in [1.82, 2.24) is 0 Å². The lowest BCUT2D eigenvalue weighted by Gasteiger charge is -2.28. The van der Waals surface area contributed by atoms with Crippen LogP contribution in [0, 0.1) is 0 Å². The number of amides is 1. The second-order valence-corrected chi connectivity index (χ2v) is 7.20. The van der Waals surface area contributed by atoms with E-state index in [4.69, 9.17) is 0 Å². The predicted octanol–water partition coefficient (Wildman–Crippen LogP) is 4.63. The standard InChI is InChI=1S/C20H23NO/c1-14(22)21-16-11-9-15(10-12-16)20(4)13-19(2,3)17-7-5-6-8-18(17)20/h5-12H,13H2,1-4H3,(H,21,22). The average Bonchev–Trinajstić information content (AvgIpc) is 2.67.